The number of carbonyl (C=O) groups is 2. The van der Waals surface area contributed by atoms with Crippen LogP contribution in [-0.4, -0.2) is 29.6 Å². The maximum Gasteiger partial charge on any atom is 0.326 e. The summed E-state index contributed by atoms with van der Waals surface area (Å²) in [5.41, 5.74) is 0.812. The van der Waals surface area contributed by atoms with Crippen LogP contribution in [0, 0.1) is 12.8 Å². The average Bonchev–Trinajstić information content (AvgIpc) is 2.36. The van der Waals surface area contributed by atoms with Gasteiger partial charge < -0.3 is 15.2 Å². The van der Waals surface area contributed by atoms with Crippen molar-refractivity contribution in [2.75, 3.05) is 6.61 Å². The fourth-order valence-electron chi connectivity index (χ4n) is 1.85. The Morgan fingerprint density at radius 3 is 2.57 bits per heavy atom. The molecule has 0 fully saturated rings. The van der Waals surface area contributed by atoms with E-state index < -0.39 is 17.9 Å². The molecule has 0 aliphatic carbocycles. The second-order valence-electron chi connectivity index (χ2n) is 5.29. The lowest BCUT2D eigenvalue weighted by Gasteiger charge is -2.17. The maximum atomic E-state index is 11.8. The standard InChI is InChI=1S/C15H20ClNO4/c1-9(2)6-12(15(19)20)17-14(18)8-21-13-5-4-11(16)7-10(13)3/h4-5,7,9,12H,6,8H2,1-3H3,(H,17,18)(H,19,20)/t12-/m0/s1. The fourth-order valence-corrected chi connectivity index (χ4v) is 2.07. The van der Waals surface area contributed by atoms with E-state index in [0.29, 0.717) is 17.2 Å². The molecule has 0 saturated carbocycles. The van der Waals surface area contributed by atoms with E-state index in [4.69, 9.17) is 21.4 Å². The van der Waals surface area contributed by atoms with E-state index in [2.05, 4.69) is 5.32 Å². The first kappa shape index (κ1) is 17.3. The van der Waals surface area contributed by atoms with E-state index >= 15 is 0 Å². The summed E-state index contributed by atoms with van der Waals surface area (Å²) < 4.78 is 5.38. The van der Waals surface area contributed by atoms with Crippen LogP contribution in [0.4, 0.5) is 0 Å². The third kappa shape index (κ3) is 6.04. The van der Waals surface area contributed by atoms with Crippen LogP contribution < -0.4 is 10.1 Å². The second-order valence-corrected chi connectivity index (χ2v) is 5.72. The molecule has 0 radical (unpaired) electrons. The van der Waals surface area contributed by atoms with Gasteiger partial charge in [-0.05, 0) is 43.0 Å². The summed E-state index contributed by atoms with van der Waals surface area (Å²) in [4.78, 5) is 22.8. The highest BCUT2D eigenvalue weighted by molar-refractivity contribution is 6.30. The van der Waals surface area contributed by atoms with Crippen LogP contribution >= 0.6 is 11.6 Å². The number of nitrogens with one attached hydrogen (secondary N) is 1. The molecule has 116 valence electrons. The van der Waals surface area contributed by atoms with Crippen LogP contribution in [0.25, 0.3) is 0 Å². The van der Waals surface area contributed by atoms with Crippen molar-refractivity contribution in [3.63, 3.8) is 0 Å². The van der Waals surface area contributed by atoms with Crippen molar-refractivity contribution in [2.45, 2.75) is 33.2 Å². The number of ether oxygens (including phenoxy) is 1. The highest BCUT2D eigenvalue weighted by atomic mass is 35.5. The number of aliphatic carboxylic acids is 1. The molecular weight excluding hydrogens is 294 g/mol. The summed E-state index contributed by atoms with van der Waals surface area (Å²) in [6.45, 7) is 5.38. The summed E-state index contributed by atoms with van der Waals surface area (Å²) >= 11 is 5.83. The van der Waals surface area contributed by atoms with Gasteiger partial charge in [0.05, 0.1) is 0 Å². The number of amides is 1. The van der Waals surface area contributed by atoms with E-state index in [-0.39, 0.29) is 12.5 Å². The lowest BCUT2D eigenvalue weighted by Crippen LogP contribution is -2.43. The molecule has 1 rings (SSSR count). The zero-order valence-electron chi connectivity index (χ0n) is 12.4. The molecule has 0 saturated heterocycles. The summed E-state index contributed by atoms with van der Waals surface area (Å²) in [5.74, 6) is -0.784. The van der Waals surface area contributed by atoms with Gasteiger partial charge in [-0.15, -0.1) is 0 Å². The number of carbonyl (C=O) groups excluding carboxylic acids is 1. The summed E-state index contributed by atoms with van der Waals surface area (Å²) in [5, 5.41) is 12.1. The number of hydrogen-bond donors (Lipinski definition) is 2. The molecule has 21 heavy (non-hydrogen) atoms. The second kappa shape index (κ2) is 7.88. The normalized spacial score (nSPS) is 12.0. The summed E-state index contributed by atoms with van der Waals surface area (Å²) in [6, 6.07) is 4.18. The van der Waals surface area contributed by atoms with Gasteiger partial charge in [-0.2, -0.15) is 0 Å². The van der Waals surface area contributed by atoms with E-state index in [1.807, 2.05) is 20.8 Å². The van der Waals surface area contributed by atoms with Gasteiger partial charge >= 0.3 is 5.97 Å². The molecule has 1 amide bonds. The maximum absolute atomic E-state index is 11.8. The molecule has 1 atom stereocenters. The molecule has 6 heteroatoms. The Hall–Kier alpha value is -1.75. The Morgan fingerprint density at radius 1 is 1.38 bits per heavy atom. The van der Waals surface area contributed by atoms with Crippen molar-refractivity contribution < 1.29 is 19.4 Å². The van der Waals surface area contributed by atoms with Crippen molar-refractivity contribution in [1.29, 1.82) is 0 Å². The number of carboxylic acids is 1. The summed E-state index contributed by atoms with van der Waals surface area (Å²) in [6.07, 6.45) is 0.376. The first-order valence-electron chi connectivity index (χ1n) is 6.70. The Balaban J connectivity index is 2.54. The van der Waals surface area contributed by atoms with Gasteiger partial charge in [0, 0.05) is 5.02 Å². The van der Waals surface area contributed by atoms with Gasteiger partial charge in [0.1, 0.15) is 11.8 Å². The monoisotopic (exact) mass is 313 g/mol. The number of hydrogen-bond acceptors (Lipinski definition) is 3. The molecule has 0 unspecified atom stereocenters. The lowest BCUT2D eigenvalue weighted by molar-refractivity contribution is -0.142. The highest BCUT2D eigenvalue weighted by Crippen LogP contribution is 2.21. The SMILES string of the molecule is Cc1cc(Cl)ccc1OCC(=O)N[C@@H](CC(C)C)C(=O)O. The predicted molar refractivity (Wildman–Crippen MR) is 80.7 cm³/mol. The van der Waals surface area contributed by atoms with E-state index in [9.17, 15) is 9.59 Å². The first-order valence-corrected chi connectivity index (χ1v) is 7.08. The number of benzene rings is 1. The van der Waals surface area contributed by atoms with E-state index in [1.54, 1.807) is 18.2 Å². The summed E-state index contributed by atoms with van der Waals surface area (Å²) in [7, 11) is 0. The predicted octanol–water partition coefficient (Wildman–Crippen LogP) is 2.64. The fraction of sp³-hybridized carbons (Fsp3) is 0.467. The molecule has 1 aromatic carbocycles. The Morgan fingerprint density at radius 2 is 2.05 bits per heavy atom. The van der Waals surface area contributed by atoms with Crippen molar-refractivity contribution in [2.24, 2.45) is 5.92 Å². The van der Waals surface area contributed by atoms with Gasteiger partial charge in [0.15, 0.2) is 6.61 Å². The van der Waals surface area contributed by atoms with Crippen LogP contribution in [0.15, 0.2) is 18.2 Å². The van der Waals surface area contributed by atoms with Gasteiger partial charge in [0.25, 0.3) is 5.91 Å². The zero-order chi connectivity index (χ0) is 16.0. The Labute approximate surface area is 129 Å². The molecule has 0 aliphatic rings. The van der Waals surface area contributed by atoms with Gasteiger partial charge in [-0.3, -0.25) is 4.79 Å². The number of halogens is 1. The minimum Gasteiger partial charge on any atom is -0.484 e. The first-order chi connectivity index (χ1) is 9.79. The van der Waals surface area contributed by atoms with E-state index in [0.717, 1.165) is 5.56 Å². The third-order valence-corrected chi connectivity index (χ3v) is 3.07. The number of aryl methyl sites for hydroxylation is 1. The van der Waals surface area contributed by atoms with Crippen molar-refractivity contribution >= 4 is 23.5 Å². The minimum absolute atomic E-state index is 0.172. The quantitative estimate of drug-likeness (QED) is 0.811. The van der Waals surface area contributed by atoms with E-state index in [1.165, 1.54) is 0 Å². The smallest absolute Gasteiger partial charge is 0.326 e. The van der Waals surface area contributed by atoms with Crippen LogP contribution in [0.2, 0.25) is 5.02 Å². The molecule has 2 N–H and O–H groups in total. The lowest BCUT2D eigenvalue weighted by atomic mass is 10.0. The van der Waals surface area contributed by atoms with Crippen LogP contribution in [0.1, 0.15) is 25.8 Å². The van der Waals surface area contributed by atoms with Crippen molar-refractivity contribution in [3.05, 3.63) is 28.8 Å². The largest absolute Gasteiger partial charge is 0.484 e. The van der Waals surface area contributed by atoms with Crippen LogP contribution in [-0.2, 0) is 9.59 Å². The zero-order valence-corrected chi connectivity index (χ0v) is 13.1. The molecule has 1 aromatic rings. The van der Waals surface area contributed by atoms with Gasteiger partial charge in [0.2, 0.25) is 0 Å². The minimum atomic E-state index is -1.04. The van der Waals surface area contributed by atoms with Gasteiger partial charge in [-0.1, -0.05) is 25.4 Å². The topological polar surface area (TPSA) is 75.6 Å². The third-order valence-electron chi connectivity index (χ3n) is 2.84. The average molecular weight is 314 g/mol. The number of carboxylic acid groups (broad SMARTS) is 1. The Kier molecular flexibility index (Phi) is 6.49. The molecular formula is C15H20ClNO4. The Bertz CT molecular complexity index is 516. The molecule has 5 nitrogen and oxygen atoms in total. The highest BCUT2D eigenvalue weighted by Gasteiger charge is 2.21. The molecule has 0 aliphatic heterocycles. The number of rotatable bonds is 7. The molecule has 0 aromatic heterocycles. The van der Waals surface area contributed by atoms with Gasteiger partial charge in [-0.25, -0.2) is 4.79 Å². The molecule has 0 heterocycles. The van der Waals surface area contributed by atoms with Crippen LogP contribution in [0.3, 0.4) is 0 Å². The van der Waals surface area contributed by atoms with Crippen molar-refractivity contribution in [3.8, 4) is 5.75 Å². The van der Waals surface area contributed by atoms with Crippen molar-refractivity contribution in [1.82, 2.24) is 5.32 Å². The van der Waals surface area contributed by atoms with Crippen LogP contribution in [0.5, 0.6) is 5.75 Å². The molecule has 0 spiro atoms. The molecule has 0 bridgehead atoms.